The highest BCUT2D eigenvalue weighted by atomic mass is 16.6. The number of benzene rings is 2. The smallest absolute Gasteiger partial charge is 0.293 e. The minimum absolute atomic E-state index is 0.110. The van der Waals surface area contributed by atoms with Crippen LogP contribution in [-0.4, -0.2) is 28.5 Å². The van der Waals surface area contributed by atoms with Crippen LogP contribution in [0.1, 0.15) is 29.8 Å². The summed E-state index contributed by atoms with van der Waals surface area (Å²) in [7, 11) is 0. The maximum absolute atomic E-state index is 13.0. The molecule has 3 rings (SSSR count). The molecule has 1 aromatic heterocycles. The molecule has 0 N–H and O–H groups in total. The summed E-state index contributed by atoms with van der Waals surface area (Å²) in [6.45, 7) is 5.08. The summed E-state index contributed by atoms with van der Waals surface area (Å²) in [4.78, 5) is 25.9. The summed E-state index contributed by atoms with van der Waals surface area (Å²) >= 11 is 0. The number of nitriles is 1. The van der Waals surface area contributed by atoms with Gasteiger partial charge in [0.25, 0.3) is 11.6 Å². The fraction of sp³-hybridized carbons (Fsp3) is 0.200. The Kier molecular flexibility index (Phi) is 4.90. The molecule has 0 amide bonds. The molecule has 7 nitrogen and oxygen atoms in total. The van der Waals surface area contributed by atoms with Gasteiger partial charge in [0, 0.05) is 36.3 Å². The van der Waals surface area contributed by atoms with Gasteiger partial charge in [-0.2, -0.15) is 5.26 Å². The van der Waals surface area contributed by atoms with Crippen LogP contribution < -0.4 is 4.90 Å². The van der Waals surface area contributed by atoms with Crippen molar-refractivity contribution in [3.63, 3.8) is 0 Å². The number of fused-ring (bicyclic) bond motifs is 1. The molecule has 7 heteroatoms. The lowest BCUT2D eigenvalue weighted by Gasteiger charge is -2.21. The molecule has 0 fully saturated rings. The Bertz CT molecular complexity index is 1070. The molecular formula is C20H18N4O3. The van der Waals surface area contributed by atoms with Crippen LogP contribution in [0, 0.1) is 21.4 Å². The molecule has 0 aliphatic heterocycles. The van der Waals surface area contributed by atoms with Crippen LogP contribution in [0.4, 0.5) is 11.4 Å². The van der Waals surface area contributed by atoms with E-state index in [1.54, 1.807) is 36.4 Å². The first-order valence-corrected chi connectivity index (χ1v) is 8.60. The maximum Gasteiger partial charge on any atom is 0.293 e. The fourth-order valence-electron chi connectivity index (χ4n) is 3.21. The molecule has 2 aromatic carbocycles. The van der Waals surface area contributed by atoms with Gasteiger partial charge in [-0.25, -0.2) is 0 Å². The predicted octanol–water partition coefficient (Wildman–Crippen LogP) is 3.96. The van der Waals surface area contributed by atoms with Gasteiger partial charge in [0.15, 0.2) is 0 Å². The normalized spacial score (nSPS) is 10.6. The summed E-state index contributed by atoms with van der Waals surface area (Å²) in [5.41, 5.74) is 1.55. The Morgan fingerprint density at radius 1 is 1.22 bits per heavy atom. The van der Waals surface area contributed by atoms with E-state index >= 15 is 0 Å². The minimum atomic E-state index is -0.473. The van der Waals surface area contributed by atoms with E-state index in [1.807, 2.05) is 18.7 Å². The Morgan fingerprint density at radius 3 is 2.56 bits per heavy atom. The van der Waals surface area contributed by atoms with Gasteiger partial charge in [-0.15, -0.1) is 0 Å². The van der Waals surface area contributed by atoms with Gasteiger partial charge < -0.3 is 4.90 Å². The number of nitrogens with zero attached hydrogens (tertiary/aromatic N) is 4. The number of nitro groups is 1. The van der Waals surface area contributed by atoms with E-state index in [1.165, 1.54) is 16.8 Å². The number of anilines is 1. The van der Waals surface area contributed by atoms with Crippen molar-refractivity contribution in [1.82, 2.24) is 4.57 Å². The highest BCUT2D eigenvalue weighted by Gasteiger charge is 2.22. The standard InChI is InChI=1S/C20H18N4O3/c1-3-22(4-2)18-10-9-14(11-19(18)24(26)27)20(25)23-13-15(12-21)16-7-5-6-8-17(16)23/h5-11,13H,3-4H2,1-2H3. The van der Waals surface area contributed by atoms with Crippen LogP contribution in [0.15, 0.2) is 48.7 Å². The van der Waals surface area contributed by atoms with Crippen molar-refractivity contribution in [2.45, 2.75) is 13.8 Å². The second-order valence-corrected chi connectivity index (χ2v) is 5.98. The third-order valence-electron chi connectivity index (χ3n) is 4.57. The number of carbonyl (C=O) groups excluding carboxylic acids is 1. The van der Waals surface area contributed by atoms with Crippen molar-refractivity contribution < 1.29 is 9.72 Å². The third-order valence-corrected chi connectivity index (χ3v) is 4.57. The van der Waals surface area contributed by atoms with Gasteiger partial charge >= 0.3 is 0 Å². The molecule has 0 aliphatic rings. The van der Waals surface area contributed by atoms with Crippen LogP contribution >= 0.6 is 0 Å². The highest BCUT2D eigenvalue weighted by molar-refractivity contribution is 6.04. The average molecular weight is 362 g/mol. The van der Waals surface area contributed by atoms with Crippen molar-refractivity contribution >= 4 is 28.2 Å². The van der Waals surface area contributed by atoms with E-state index in [0.29, 0.717) is 35.2 Å². The lowest BCUT2D eigenvalue weighted by molar-refractivity contribution is -0.384. The summed E-state index contributed by atoms with van der Waals surface area (Å²) in [6.07, 6.45) is 1.47. The van der Waals surface area contributed by atoms with Crippen LogP contribution in [-0.2, 0) is 0 Å². The first kappa shape index (κ1) is 18.1. The monoisotopic (exact) mass is 362 g/mol. The number of aromatic nitrogens is 1. The van der Waals surface area contributed by atoms with E-state index in [4.69, 9.17) is 0 Å². The maximum atomic E-state index is 13.0. The van der Waals surface area contributed by atoms with Gasteiger partial charge in [0.2, 0.25) is 0 Å². The van der Waals surface area contributed by atoms with Crippen molar-refractivity contribution in [1.29, 1.82) is 5.26 Å². The Morgan fingerprint density at radius 2 is 1.93 bits per heavy atom. The molecule has 27 heavy (non-hydrogen) atoms. The molecule has 0 saturated carbocycles. The van der Waals surface area contributed by atoms with E-state index < -0.39 is 10.8 Å². The predicted molar refractivity (Wildman–Crippen MR) is 103 cm³/mol. The molecule has 0 atom stereocenters. The van der Waals surface area contributed by atoms with Gasteiger partial charge in [-0.1, -0.05) is 18.2 Å². The molecule has 0 spiro atoms. The third kappa shape index (κ3) is 3.13. The average Bonchev–Trinajstić information content (AvgIpc) is 3.07. The van der Waals surface area contributed by atoms with Crippen molar-refractivity contribution in [3.05, 3.63) is 69.9 Å². The van der Waals surface area contributed by atoms with Crippen LogP contribution in [0.2, 0.25) is 0 Å². The zero-order valence-electron chi connectivity index (χ0n) is 15.0. The van der Waals surface area contributed by atoms with Gasteiger partial charge in [-0.3, -0.25) is 19.5 Å². The lowest BCUT2D eigenvalue weighted by Crippen LogP contribution is -2.23. The van der Waals surface area contributed by atoms with E-state index in [0.717, 1.165) is 0 Å². The summed E-state index contributed by atoms with van der Waals surface area (Å²) in [5, 5.41) is 21.5. The van der Waals surface area contributed by atoms with Crippen LogP contribution in [0.3, 0.4) is 0 Å². The Balaban J connectivity index is 2.12. The summed E-state index contributed by atoms with van der Waals surface area (Å²) < 4.78 is 1.37. The molecule has 0 aliphatic carbocycles. The van der Waals surface area contributed by atoms with E-state index in [-0.39, 0.29) is 11.3 Å². The molecule has 0 unspecified atom stereocenters. The number of nitro benzene ring substituents is 1. The Hall–Kier alpha value is -3.66. The molecule has 0 bridgehead atoms. The van der Waals surface area contributed by atoms with Gasteiger partial charge in [0.1, 0.15) is 11.8 Å². The number of carbonyl (C=O) groups is 1. The van der Waals surface area contributed by atoms with Crippen molar-refractivity contribution in [2.24, 2.45) is 0 Å². The van der Waals surface area contributed by atoms with Gasteiger partial charge in [0.05, 0.1) is 16.0 Å². The van der Waals surface area contributed by atoms with Crippen molar-refractivity contribution in [2.75, 3.05) is 18.0 Å². The molecule has 136 valence electrons. The molecule has 0 radical (unpaired) electrons. The minimum Gasteiger partial charge on any atom is -0.367 e. The van der Waals surface area contributed by atoms with E-state index in [9.17, 15) is 20.2 Å². The lowest BCUT2D eigenvalue weighted by atomic mass is 10.1. The highest BCUT2D eigenvalue weighted by Crippen LogP contribution is 2.30. The largest absolute Gasteiger partial charge is 0.367 e. The van der Waals surface area contributed by atoms with Gasteiger partial charge in [-0.05, 0) is 32.0 Å². The first-order chi connectivity index (χ1) is 13.0. The van der Waals surface area contributed by atoms with Crippen LogP contribution in [0.5, 0.6) is 0 Å². The zero-order chi connectivity index (χ0) is 19.6. The van der Waals surface area contributed by atoms with Crippen LogP contribution in [0.25, 0.3) is 10.9 Å². The Labute approximate surface area is 156 Å². The number of para-hydroxylation sites is 1. The number of hydrogen-bond acceptors (Lipinski definition) is 5. The summed E-state index contributed by atoms with van der Waals surface area (Å²) in [5.74, 6) is -0.415. The molecule has 3 aromatic rings. The molecular weight excluding hydrogens is 344 g/mol. The molecule has 1 heterocycles. The fourth-order valence-corrected chi connectivity index (χ4v) is 3.21. The summed E-state index contributed by atoms with van der Waals surface area (Å²) in [6, 6.07) is 13.7. The number of rotatable bonds is 5. The number of hydrogen-bond donors (Lipinski definition) is 0. The SMILES string of the molecule is CCN(CC)c1ccc(C(=O)n2cc(C#N)c3ccccc32)cc1[N+](=O)[O-]. The van der Waals surface area contributed by atoms with Crippen molar-refractivity contribution in [3.8, 4) is 6.07 Å². The topological polar surface area (TPSA) is 92.2 Å². The quantitative estimate of drug-likeness (QED) is 0.506. The first-order valence-electron chi connectivity index (χ1n) is 8.60. The second-order valence-electron chi connectivity index (χ2n) is 5.98. The second kappa shape index (κ2) is 7.30. The zero-order valence-corrected chi connectivity index (χ0v) is 15.0. The molecule has 0 saturated heterocycles. The van der Waals surface area contributed by atoms with E-state index in [2.05, 4.69) is 6.07 Å².